The number of amidine groups is 1. The molecular formula is C30H26F4N6O4S. The van der Waals surface area contributed by atoms with Crippen LogP contribution in [0.15, 0.2) is 70.1 Å². The van der Waals surface area contributed by atoms with Crippen LogP contribution in [0.4, 0.5) is 39.4 Å². The molecule has 15 heteroatoms. The molecule has 0 spiro atoms. The van der Waals surface area contributed by atoms with E-state index in [1.165, 1.54) is 29.2 Å². The molecular weight excluding hydrogens is 616 g/mol. The van der Waals surface area contributed by atoms with Gasteiger partial charge in [-0.05, 0) is 66.1 Å². The number of hydrogen-bond donors (Lipinski definition) is 1. The minimum Gasteiger partial charge on any atom is -0.416 e. The number of rotatable bonds is 7. The van der Waals surface area contributed by atoms with Gasteiger partial charge in [0.25, 0.3) is 0 Å². The molecule has 3 aromatic carbocycles. The summed E-state index contributed by atoms with van der Waals surface area (Å²) in [6.45, 7) is 4.00. The number of nitrogens with one attached hydrogen (secondary N) is 1. The second-order valence-electron chi connectivity index (χ2n) is 10.3. The number of thioether (sulfide) groups is 1. The normalized spacial score (nSPS) is 14.4. The number of aliphatic imine (C=N–C) groups is 1. The van der Waals surface area contributed by atoms with Crippen LogP contribution in [0.3, 0.4) is 0 Å². The third kappa shape index (κ3) is 7.25. The lowest BCUT2D eigenvalue weighted by Crippen LogP contribution is -2.31. The van der Waals surface area contributed by atoms with Gasteiger partial charge in [0.2, 0.25) is 17.7 Å². The van der Waals surface area contributed by atoms with E-state index < -0.39 is 24.0 Å². The van der Waals surface area contributed by atoms with Gasteiger partial charge in [-0.15, -0.1) is 23.4 Å². The van der Waals surface area contributed by atoms with E-state index in [1.54, 1.807) is 0 Å². The number of hydrogen-bond acceptors (Lipinski definition) is 8. The predicted molar refractivity (Wildman–Crippen MR) is 163 cm³/mol. The van der Waals surface area contributed by atoms with Crippen molar-refractivity contribution in [3.8, 4) is 28.7 Å². The fourth-order valence-electron chi connectivity index (χ4n) is 4.41. The van der Waals surface area contributed by atoms with Crippen LogP contribution in [0.5, 0.6) is 5.75 Å². The number of nitrogens with zero attached hydrogens (tertiary/aromatic N) is 5. The van der Waals surface area contributed by atoms with Crippen LogP contribution >= 0.6 is 11.8 Å². The highest BCUT2D eigenvalue weighted by molar-refractivity contribution is 8.15. The summed E-state index contributed by atoms with van der Waals surface area (Å²) in [5, 5.41) is 10.3. The van der Waals surface area contributed by atoms with Crippen molar-refractivity contribution >= 4 is 45.9 Å². The van der Waals surface area contributed by atoms with Gasteiger partial charge in [0.1, 0.15) is 11.6 Å². The Labute approximate surface area is 259 Å². The highest BCUT2D eigenvalue weighted by atomic mass is 32.2. The summed E-state index contributed by atoms with van der Waals surface area (Å²) in [5.74, 6) is -1.36. The van der Waals surface area contributed by atoms with Crippen molar-refractivity contribution in [2.24, 2.45) is 4.99 Å². The molecule has 0 unspecified atom stereocenters. The highest BCUT2D eigenvalue weighted by Crippen LogP contribution is 2.36. The van der Waals surface area contributed by atoms with E-state index in [0.717, 1.165) is 41.2 Å². The molecule has 2 heterocycles. The Morgan fingerprint density at radius 1 is 1.04 bits per heavy atom. The number of carbonyl (C=O) groups is 2. The van der Waals surface area contributed by atoms with Gasteiger partial charge in [0.05, 0.1) is 17.1 Å². The molecule has 45 heavy (non-hydrogen) atoms. The predicted octanol–water partition coefficient (Wildman–Crippen LogP) is 7.30. The Morgan fingerprint density at radius 2 is 1.71 bits per heavy atom. The molecule has 1 N–H and O–H groups in total. The van der Waals surface area contributed by atoms with Crippen molar-refractivity contribution in [2.45, 2.75) is 26.1 Å². The topological polar surface area (TPSA) is 113 Å². The maximum Gasteiger partial charge on any atom is 0.573 e. The van der Waals surface area contributed by atoms with Crippen molar-refractivity contribution in [3.05, 3.63) is 72.0 Å². The number of urea groups is 1. The molecule has 0 atom stereocenters. The van der Waals surface area contributed by atoms with E-state index in [0.29, 0.717) is 11.3 Å². The first-order valence-electron chi connectivity index (χ1n) is 13.5. The fraction of sp³-hybridized carbons (Fsp3) is 0.233. The summed E-state index contributed by atoms with van der Waals surface area (Å²) in [5.41, 5.74) is 2.73. The zero-order valence-electron chi connectivity index (χ0n) is 24.3. The van der Waals surface area contributed by atoms with Gasteiger partial charge < -0.3 is 19.4 Å². The third-order valence-electron chi connectivity index (χ3n) is 6.57. The van der Waals surface area contributed by atoms with Crippen molar-refractivity contribution in [1.29, 1.82) is 0 Å². The lowest BCUT2D eigenvalue weighted by atomic mass is 9.99. The van der Waals surface area contributed by atoms with Gasteiger partial charge in [0.15, 0.2) is 5.17 Å². The van der Waals surface area contributed by atoms with Crippen molar-refractivity contribution < 1.29 is 36.3 Å². The monoisotopic (exact) mass is 642 g/mol. The molecule has 10 nitrogen and oxygen atoms in total. The first-order chi connectivity index (χ1) is 21.3. The van der Waals surface area contributed by atoms with Gasteiger partial charge in [-0.25, -0.2) is 9.18 Å². The lowest BCUT2D eigenvalue weighted by Gasteiger charge is -2.24. The van der Waals surface area contributed by atoms with E-state index in [2.05, 4.69) is 25.2 Å². The van der Waals surface area contributed by atoms with Crippen LogP contribution in [0.2, 0.25) is 0 Å². The minimum atomic E-state index is -4.83. The summed E-state index contributed by atoms with van der Waals surface area (Å²) < 4.78 is 61.7. The molecule has 1 saturated heterocycles. The molecule has 4 aromatic rings. The Hall–Kier alpha value is -4.92. The number of ether oxygens (including phenoxy) is 1. The number of benzene rings is 3. The molecule has 0 aliphatic carbocycles. The molecule has 1 fully saturated rings. The average molecular weight is 643 g/mol. The molecule has 1 aliphatic heterocycles. The van der Waals surface area contributed by atoms with E-state index in [4.69, 9.17) is 4.42 Å². The number of halogens is 4. The molecule has 234 valence electrons. The molecule has 0 saturated carbocycles. The van der Waals surface area contributed by atoms with Gasteiger partial charge in [-0.2, -0.15) is 4.99 Å². The largest absolute Gasteiger partial charge is 0.573 e. The number of amides is 3. The van der Waals surface area contributed by atoms with Gasteiger partial charge in [-0.1, -0.05) is 31.7 Å². The fourth-order valence-corrected chi connectivity index (χ4v) is 5.27. The van der Waals surface area contributed by atoms with E-state index in [9.17, 15) is 22.8 Å². The van der Waals surface area contributed by atoms with E-state index >= 15 is 4.39 Å². The maximum absolute atomic E-state index is 15.1. The van der Waals surface area contributed by atoms with Crippen molar-refractivity contribution in [2.75, 3.05) is 35.0 Å². The number of carbonyl (C=O) groups excluding carboxylic acids is 2. The molecule has 5 rings (SSSR count). The summed E-state index contributed by atoms with van der Waals surface area (Å²) in [6.07, 6.45) is -4.83. The Bertz CT molecular complexity index is 1770. The summed E-state index contributed by atoms with van der Waals surface area (Å²) in [7, 11) is 3.76. The summed E-state index contributed by atoms with van der Waals surface area (Å²) in [6, 6.07) is 13.5. The standard InChI is InChI=1S/C30H26F4N6O4S/c1-16(2)21-11-8-19(39(3)4)14-24(21)40-25(41)15-45-29(40)36-28(42)35-23-12-7-18(13-22(23)31)27-38-37-26(43-27)17-5-9-20(10-6-17)44-30(32,33)34/h5-14,16H,15H2,1-4H3,(H,35,42). The number of anilines is 3. The second kappa shape index (κ2) is 12.6. The van der Waals surface area contributed by atoms with E-state index in [-0.39, 0.29) is 45.8 Å². The lowest BCUT2D eigenvalue weighted by molar-refractivity contribution is -0.274. The quantitative estimate of drug-likeness (QED) is 0.209. The first-order valence-corrected chi connectivity index (χ1v) is 14.4. The van der Waals surface area contributed by atoms with Crippen molar-refractivity contribution in [3.63, 3.8) is 0 Å². The number of alkyl halides is 3. The maximum atomic E-state index is 15.1. The first kappa shape index (κ1) is 31.5. The smallest absolute Gasteiger partial charge is 0.416 e. The molecule has 3 amide bonds. The minimum absolute atomic E-state index is 0.0120. The molecule has 1 aliphatic rings. The average Bonchev–Trinajstić information content (AvgIpc) is 3.60. The van der Waals surface area contributed by atoms with Crippen LogP contribution in [0.25, 0.3) is 22.9 Å². The van der Waals surface area contributed by atoms with Crippen LogP contribution in [-0.2, 0) is 4.79 Å². The van der Waals surface area contributed by atoms with Gasteiger partial charge in [-0.3, -0.25) is 9.69 Å². The second-order valence-corrected chi connectivity index (χ2v) is 11.3. The number of aromatic nitrogens is 2. The van der Waals surface area contributed by atoms with Crippen LogP contribution in [0.1, 0.15) is 25.3 Å². The van der Waals surface area contributed by atoms with Crippen molar-refractivity contribution in [1.82, 2.24) is 10.2 Å². The van der Waals surface area contributed by atoms with Gasteiger partial charge >= 0.3 is 12.4 Å². The van der Waals surface area contributed by atoms with Crippen LogP contribution in [-0.4, -0.2) is 53.5 Å². The van der Waals surface area contributed by atoms with E-state index in [1.807, 2.05) is 51.0 Å². The summed E-state index contributed by atoms with van der Waals surface area (Å²) >= 11 is 1.11. The third-order valence-corrected chi connectivity index (χ3v) is 7.50. The Kier molecular flexibility index (Phi) is 8.82. The highest BCUT2D eigenvalue weighted by Gasteiger charge is 2.33. The Balaban J connectivity index is 1.32. The zero-order valence-corrected chi connectivity index (χ0v) is 25.2. The van der Waals surface area contributed by atoms with Crippen LogP contribution < -0.4 is 19.9 Å². The van der Waals surface area contributed by atoms with Gasteiger partial charge in [0, 0.05) is 30.9 Å². The molecule has 0 bridgehead atoms. The summed E-state index contributed by atoms with van der Waals surface area (Å²) in [4.78, 5) is 33.2. The molecule has 0 radical (unpaired) electrons. The Morgan fingerprint density at radius 3 is 2.33 bits per heavy atom. The molecule has 1 aromatic heterocycles. The van der Waals surface area contributed by atoms with Crippen LogP contribution in [0, 0.1) is 5.82 Å². The SMILES string of the molecule is CC(C)c1ccc(N(C)C)cc1N1C(=O)CSC1=NC(=O)Nc1ccc(-c2nnc(-c3ccc(OC(F)(F)F)cc3)o2)cc1F. The zero-order chi connectivity index (χ0) is 32.5.